The van der Waals surface area contributed by atoms with Gasteiger partial charge in [0.2, 0.25) is 0 Å². The minimum Gasteiger partial charge on any atom is -0.0958 e. The van der Waals surface area contributed by atoms with Gasteiger partial charge in [0, 0.05) is 0 Å². The molecule has 0 N–H and O–H groups in total. The monoisotopic (exact) mass is 162 g/mol. The molecule has 0 amide bonds. The fourth-order valence-electron chi connectivity index (χ4n) is 1.48. The molecule has 0 nitrogen and oxygen atoms in total. The van der Waals surface area contributed by atoms with E-state index in [9.17, 15) is 0 Å². The van der Waals surface area contributed by atoms with Crippen LogP contribution in [0.15, 0.2) is 35.5 Å². The molecule has 0 aliphatic heterocycles. The smallest absolute Gasteiger partial charge is 0.0276 e. The average Bonchev–Trinajstić information content (AvgIpc) is 2.47. The van der Waals surface area contributed by atoms with E-state index in [1.165, 1.54) is 30.4 Å². The highest BCUT2D eigenvalue weighted by atomic mass is 14.1. The van der Waals surface area contributed by atoms with Crippen LogP contribution in [0, 0.1) is 0 Å². The van der Waals surface area contributed by atoms with Crippen molar-refractivity contribution in [3.05, 3.63) is 35.5 Å². The van der Waals surface area contributed by atoms with Crippen LogP contribution in [0.2, 0.25) is 0 Å². The van der Waals surface area contributed by atoms with E-state index in [4.69, 9.17) is 0 Å². The van der Waals surface area contributed by atoms with Gasteiger partial charge in [-0.2, -0.15) is 0 Å². The van der Waals surface area contributed by atoms with Crippen molar-refractivity contribution in [2.45, 2.75) is 39.5 Å². The van der Waals surface area contributed by atoms with Crippen LogP contribution in [0.3, 0.4) is 0 Å². The lowest BCUT2D eigenvalue weighted by molar-refractivity contribution is 0.899. The second kappa shape index (κ2) is 4.30. The van der Waals surface area contributed by atoms with Crippen molar-refractivity contribution in [1.82, 2.24) is 0 Å². The van der Waals surface area contributed by atoms with E-state index in [2.05, 4.69) is 32.6 Å². The summed E-state index contributed by atoms with van der Waals surface area (Å²) in [5.41, 5.74) is 4.32. The van der Waals surface area contributed by atoms with Gasteiger partial charge in [0.25, 0.3) is 0 Å². The second-order valence-electron chi connectivity index (χ2n) is 3.50. The van der Waals surface area contributed by atoms with Gasteiger partial charge in [-0.05, 0) is 38.2 Å². The summed E-state index contributed by atoms with van der Waals surface area (Å²) in [4.78, 5) is 0. The Hall–Kier alpha value is -0.780. The minimum atomic E-state index is 1.06. The minimum absolute atomic E-state index is 1.06. The summed E-state index contributed by atoms with van der Waals surface area (Å²) in [5, 5.41) is 0. The summed E-state index contributed by atoms with van der Waals surface area (Å²) < 4.78 is 0. The summed E-state index contributed by atoms with van der Waals surface area (Å²) in [7, 11) is 0. The number of hydrogen-bond acceptors (Lipinski definition) is 0. The average molecular weight is 162 g/mol. The quantitative estimate of drug-likeness (QED) is 0.550. The maximum atomic E-state index is 3.95. The van der Waals surface area contributed by atoms with Crippen molar-refractivity contribution in [3.8, 4) is 0 Å². The van der Waals surface area contributed by atoms with E-state index in [-0.39, 0.29) is 0 Å². The zero-order chi connectivity index (χ0) is 8.97. The fraction of sp³-hybridized carbons (Fsp3) is 0.500. The molecule has 12 heavy (non-hydrogen) atoms. The zero-order valence-corrected chi connectivity index (χ0v) is 8.19. The second-order valence-corrected chi connectivity index (χ2v) is 3.50. The van der Waals surface area contributed by atoms with Crippen molar-refractivity contribution in [2.24, 2.45) is 0 Å². The lowest BCUT2D eigenvalue weighted by Gasteiger charge is -1.96. The summed E-state index contributed by atoms with van der Waals surface area (Å²) in [6.45, 7) is 8.33. The molecule has 0 saturated heterocycles. The van der Waals surface area contributed by atoms with Crippen molar-refractivity contribution < 1.29 is 0 Å². The predicted octanol–water partition coefficient (Wildman–Crippen LogP) is 4.01. The van der Waals surface area contributed by atoms with Crippen LogP contribution >= 0.6 is 0 Å². The highest BCUT2D eigenvalue weighted by Gasteiger charge is 2.06. The van der Waals surface area contributed by atoms with Gasteiger partial charge in [-0.3, -0.25) is 0 Å². The van der Waals surface area contributed by atoms with Crippen molar-refractivity contribution in [2.75, 3.05) is 0 Å². The molecule has 0 unspecified atom stereocenters. The molecule has 0 heteroatoms. The molecule has 0 fully saturated rings. The van der Waals surface area contributed by atoms with Crippen LogP contribution in [0.4, 0.5) is 0 Å². The lowest BCUT2D eigenvalue weighted by Crippen LogP contribution is -1.75. The molecular weight excluding hydrogens is 144 g/mol. The van der Waals surface area contributed by atoms with Gasteiger partial charge in [0.1, 0.15) is 0 Å². The number of hydrogen-bond donors (Lipinski definition) is 0. The fourth-order valence-corrected chi connectivity index (χ4v) is 1.48. The Labute approximate surface area is 75.7 Å². The standard InChI is InChI=1S/C12H18/c1-4-10(2)8-9-12-7-5-6-11(12)3/h8-9H,2,4-7H2,1,3H3/b9-8-. The van der Waals surface area contributed by atoms with Gasteiger partial charge in [-0.25, -0.2) is 0 Å². The van der Waals surface area contributed by atoms with E-state index in [0.717, 1.165) is 6.42 Å². The molecule has 0 spiro atoms. The number of allylic oxidation sites excluding steroid dienone is 5. The molecule has 0 saturated carbocycles. The van der Waals surface area contributed by atoms with E-state index >= 15 is 0 Å². The van der Waals surface area contributed by atoms with Gasteiger partial charge in [-0.15, -0.1) is 0 Å². The van der Waals surface area contributed by atoms with Crippen LogP contribution in [0.1, 0.15) is 39.5 Å². The Balaban J connectivity index is 2.56. The number of rotatable bonds is 3. The molecule has 1 rings (SSSR count). The van der Waals surface area contributed by atoms with Crippen LogP contribution in [-0.4, -0.2) is 0 Å². The summed E-state index contributed by atoms with van der Waals surface area (Å²) >= 11 is 0. The highest BCUT2D eigenvalue weighted by molar-refractivity contribution is 5.32. The molecule has 0 heterocycles. The summed E-state index contributed by atoms with van der Waals surface area (Å²) in [6.07, 6.45) is 9.35. The largest absolute Gasteiger partial charge is 0.0958 e. The summed E-state index contributed by atoms with van der Waals surface area (Å²) in [6, 6.07) is 0. The lowest BCUT2D eigenvalue weighted by atomic mass is 10.1. The Kier molecular flexibility index (Phi) is 3.33. The maximum Gasteiger partial charge on any atom is -0.0276 e. The maximum absolute atomic E-state index is 3.95. The van der Waals surface area contributed by atoms with Gasteiger partial charge in [0.15, 0.2) is 0 Å². The first-order chi connectivity index (χ1) is 5.74. The highest BCUT2D eigenvalue weighted by Crippen LogP contribution is 2.26. The van der Waals surface area contributed by atoms with Crippen LogP contribution in [-0.2, 0) is 0 Å². The van der Waals surface area contributed by atoms with E-state index in [0.29, 0.717) is 0 Å². The molecule has 1 aliphatic rings. The van der Waals surface area contributed by atoms with Crippen LogP contribution in [0.25, 0.3) is 0 Å². The molecule has 0 radical (unpaired) electrons. The third-order valence-electron chi connectivity index (χ3n) is 2.52. The molecule has 66 valence electrons. The Bertz CT molecular complexity index is 228. The van der Waals surface area contributed by atoms with Gasteiger partial charge >= 0.3 is 0 Å². The van der Waals surface area contributed by atoms with E-state index in [1.807, 2.05) is 0 Å². The van der Waals surface area contributed by atoms with Gasteiger partial charge in [0.05, 0.1) is 0 Å². The van der Waals surface area contributed by atoms with Gasteiger partial charge < -0.3 is 0 Å². The molecule has 0 aromatic rings. The third kappa shape index (κ3) is 2.37. The van der Waals surface area contributed by atoms with Crippen molar-refractivity contribution in [1.29, 1.82) is 0 Å². The van der Waals surface area contributed by atoms with Crippen LogP contribution < -0.4 is 0 Å². The van der Waals surface area contributed by atoms with Crippen molar-refractivity contribution >= 4 is 0 Å². The Morgan fingerprint density at radius 1 is 1.50 bits per heavy atom. The van der Waals surface area contributed by atoms with Gasteiger partial charge in [-0.1, -0.05) is 36.8 Å². The van der Waals surface area contributed by atoms with Crippen molar-refractivity contribution in [3.63, 3.8) is 0 Å². The molecule has 0 aromatic carbocycles. The van der Waals surface area contributed by atoms with E-state index < -0.39 is 0 Å². The zero-order valence-electron chi connectivity index (χ0n) is 8.19. The molecular formula is C12H18. The van der Waals surface area contributed by atoms with E-state index in [1.54, 1.807) is 5.57 Å². The first kappa shape index (κ1) is 9.31. The molecule has 1 aliphatic carbocycles. The third-order valence-corrected chi connectivity index (χ3v) is 2.52. The molecule has 0 aromatic heterocycles. The normalized spacial score (nSPS) is 17.8. The predicted molar refractivity (Wildman–Crippen MR) is 55.1 cm³/mol. The molecule has 0 atom stereocenters. The Morgan fingerprint density at radius 2 is 2.25 bits per heavy atom. The first-order valence-corrected chi connectivity index (χ1v) is 4.78. The summed E-state index contributed by atoms with van der Waals surface area (Å²) in [5.74, 6) is 0. The van der Waals surface area contributed by atoms with Crippen LogP contribution in [0.5, 0.6) is 0 Å². The Morgan fingerprint density at radius 3 is 2.75 bits per heavy atom. The first-order valence-electron chi connectivity index (χ1n) is 4.78. The topological polar surface area (TPSA) is 0 Å². The SMILES string of the molecule is C=C(/C=C\C1=C(C)CCC1)CC. The molecule has 0 bridgehead atoms.